The van der Waals surface area contributed by atoms with Gasteiger partial charge in [0.15, 0.2) is 0 Å². The number of aromatic amines is 1. The van der Waals surface area contributed by atoms with Gasteiger partial charge in [-0.25, -0.2) is 28.5 Å². The molecule has 29 heavy (non-hydrogen) atoms. The highest BCUT2D eigenvalue weighted by molar-refractivity contribution is 5.97. The number of halogens is 2. The molecule has 11 heteroatoms. The quantitative estimate of drug-likeness (QED) is 0.741. The Balaban J connectivity index is 1.52. The lowest BCUT2D eigenvalue weighted by atomic mass is 10.0. The van der Waals surface area contributed by atoms with Crippen LogP contribution in [-0.4, -0.2) is 74.8 Å². The predicted molar refractivity (Wildman–Crippen MR) is 101 cm³/mol. The number of imidazole rings is 1. The van der Waals surface area contributed by atoms with E-state index in [1.54, 1.807) is 11.1 Å². The van der Waals surface area contributed by atoms with E-state index in [-0.39, 0.29) is 18.2 Å². The van der Waals surface area contributed by atoms with Crippen LogP contribution in [0.4, 0.5) is 19.4 Å². The van der Waals surface area contributed by atoms with E-state index < -0.39 is 12.1 Å². The monoisotopic (exact) mass is 403 g/mol. The number of H-pyrrole nitrogens is 1. The minimum Gasteiger partial charge on any atom is -0.447 e. The van der Waals surface area contributed by atoms with Gasteiger partial charge in [0, 0.05) is 19.2 Å². The smallest absolute Gasteiger partial charge is 0.410 e. The van der Waals surface area contributed by atoms with E-state index in [1.807, 2.05) is 13.0 Å². The highest BCUT2D eigenvalue weighted by atomic mass is 19.3. The summed E-state index contributed by atoms with van der Waals surface area (Å²) in [6, 6.07) is 1.81. The van der Waals surface area contributed by atoms with Crippen molar-refractivity contribution in [1.82, 2.24) is 24.8 Å². The minimum atomic E-state index is -2.83. The molecule has 152 valence electrons. The van der Waals surface area contributed by atoms with Crippen LogP contribution >= 0.6 is 0 Å². The van der Waals surface area contributed by atoms with E-state index in [1.165, 1.54) is 12.4 Å². The third kappa shape index (κ3) is 3.67. The Kier molecular flexibility index (Phi) is 4.95. The molecule has 2 aliphatic heterocycles. The van der Waals surface area contributed by atoms with Gasteiger partial charge in [0.05, 0.1) is 35.4 Å². The van der Waals surface area contributed by atoms with Gasteiger partial charge < -0.3 is 14.6 Å². The van der Waals surface area contributed by atoms with Gasteiger partial charge in [0.2, 0.25) is 0 Å². The summed E-state index contributed by atoms with van der Waals surface area (Å²) < 4.78 is 29.9. The second-order valence-electron chi connectivity index (χ2n) is 6.80. The summed E-state index contributed by atoms with van der Waals surface area (Å²) >= 11 is 0. The zero-order valence-corrected chi connectivity index (χ0v) is 15.5. The van der Waals surface area contributed by atoms with Crippen molar-refractivity contribution in [2.75, 3.05) is 24.6 Å². The van der Waals surface area contributed by atoms with Crippen molar-refractivity contribution in [1.29, 1.82) is 5.41 Å². The molecule has 1 amide bonds. The van der Waals surface area contributed by atoms with Crippen LogP contribution in [0.2, 0.25) is 0 Å². The number of hydrogen-bond donors (Lipinski definition) is 2. The Morgan fingerprint density at radius 1 is 1.34 bits per heavy atom. The topological polar surface area (TPSA) is 111 Å². The average Bonchev–Trinajstić information content (AvgIpc) is 3.34. The van der Waals surface area contributed by atoms with E-state index in [4.69, 9.17) is 10.1 Å². The van der Waals surface area contributed by atoms with Gasteiger partial charge in [0.25, 0.3) is 6.43 Å². The molecule has 2 N–H and O–H groups in total. The second-order valence-corrected chi connectivity index (χ2v) is 6.80. The van der Waals surface area contributed by atoms with Crippen molar-refractivity contribution >= 4 is 23.7 Å². The number of nitrogens with zero attached hydrogens (tertiary/aromatic N) is 5. The summed E-state index contributed by atoms with van der Waals surface area (Å²) in [5.41, 5.74) is 0.414. The lowest BCUT2D eigenvalue weighted by Crippen LogP contribution is -2.58. The summed E-state index contributed by atoms with van der Waals surface area (Å²) in [4.78, 5) is 31.3. The van der Waals surface area contributed by atoms with Gasteiger partial charge >= 0.3 is 6.09 Å². The Morgan fingerprint density at radius 3 is 2.93 bits per heavy atom. The number of anilines is 1. The third-order valence-electron chi connectivity index (χ3n) is 5.12. The molecule has 2 saturated heterocycles. The predicted octanol–water partition coefficient (Wildman–Crippen LogP) is 2.19. The number of allylic oxidation sites excluding steroid dienone is 1. The van der Waals surface area contributed by atoms with Gasteiger partial charge in [-0.15, -0.1) is 0 Å². The molecule has 4 heterocycles. The Morgan fingerprint density at radius 2 is 2.14 bits per heavy atom. The summed E-state index contributed by atoms with van der Waals surface area (Å²) in [5.74, 6) is 1.06. The Bertz CT molecular complexity index is 961. The molecular weight excluding hydrogens is 384 g/mol. The first-order valence-electron chi connectivity index (χ1n) is 9.06. The van der Waals surface area contributed by atoms with Crippen LogP contribution in [0, 0.1) is 5.41 Å². The molecule has 0 radical (unpaired) electrons. The van der Waals surface area contributed by atoms with Crippen LogP contribution < -0.4 is 4.90 Å². The molecule has 2 aromatic heterocycles. The Labute approximate surface area is 164 Å². The highest BCUT2D eigenvalue weighted by Crippen LogP contribution is 2.28. The third-order valence-corrected chi connectivity index (χ3v) is 5.12. The summed E-state index contributed by atoms with van der Waals surface area (Å²) in [7, 11) is 0. The van der Waals surface area contributed by atoms with Crippen molar-refractivity contribution in [3.63, 3.8) is 0 Å². The molecule has 0 aliphatic carbocycles. The summed E-state index contributed by atoms with van der Waals surface area (Å²) in [6.45, 7) is 3.56. The van der Waals surface area contributed by atoms with Crippen LogP contribution in [0.15, 0.2) is 24.7 Å². The molecule has 0 aromatic carbocycles. The number of fused-ring (bicyclic) bond motifs is 1. The number of carbonyl (C=O) groups excluding carboxylic acids is 1. The molecule has 4 rings (SSSR count). The Hall–Kier alpha value is -3.37. The highest BCUT2D eigenvalue weighted by Gasteiger charge is 2.42. The average molecular weight is 403 g/mol. The summed E-state index contributed by atoms with van der Waals surface area (Å²) in [5, 5.41) is 7.15. The van der Waals surface area contributed by atoms with E-state index >= 15 is 0 Å². The van der Waals surface area contributed by atoms with E-state index in [0.717, 1.165) is 6.08 Å². The molecular formula is C18H19F2N7O2. The van der Waals surface area contributed by atoms with Gasteiger partial charge in [-0.05, 0) is 19.1 Å². The number of piperazine rings is 1. The molecule has 2 atom stereocenters. The molecule has 2 unspecified atom stereocenters. The number of ether oxygens (including phenoxy) is 1. The molecule has 9 nitrogen and oxygen atoms in total. The molecule has 2 fully saturated rings. The van der Waals surface area contributed by atoms with Gasteiger partial charge in [-0.2, -0.15) is 0 Å². The normalized spacial score (nSPS) is 21.7. The first-order chi connectivity index (χ1) is 13.9. The number of carbonyl (C=O) groups is 1. The van der Waals surface area contributed by atoms with Crippen LogP contribution in [0.25, 0.3) is 17.5 Å². The zero-order valence-electron chi connectivity index (χ0n) is 15.5. The molecule has 0 bridgehead atoms. The fourth-order valence-corrected chi connectivity index (χ4v) is 3.52. The lowest BCUT2D eigenvalue weighted by molar-refractivity contribution is 0.155. The first-order valence-corrected chi connectivity index (χ1v) is 9.06. The maximum absolute atomic E-state index is 12.4. The van der Waals surface area contributed by atoms with Crippen molar-refractivity contribution in [3.05, 3.63) is 30.5 Å². The SMILES string of the molecule is CC1C2COC(=O)N2CCN1c1cc(-c2cnc(/C=C\C(=N)C(F)F)[nH]2)ncn1. The van der Waals surface area contributed by atoms with Gasteiger partial charge in [-0.3, -0.25) is 10.3 Å². The fraction of sp³-hybridized carbons (Fsp3) is 0.389. The lowest BCUT2D eigenvalue weighted by Gasteiger charge is -2.41. The number of alkyl halides is 2. The molecule has 2 aliphatic rings. The molecule has 2 aromatic rings. The van der Waals surface area contributed by atoms with Crippen molar-refractivity contribution in [2.24, 2.45) is 0 Å². The van der Waals surface area contributed by atoms with Crippen LogP contribution in [0.3, 0.4) is 0 Å². The fourth-order valence-electron chi connectivity index (χ4n) is 3.52. The van der Waals surface area contributed by atoms with Crippen LogP contribution in [-0.2, 0) is 4.74 Å². The summed E-state index contributed by atoms with van der Waals surface area (Å²) in [6.07, 6.45) is 2.21. The van der Waals surface area contributed by atoms with E-state index in [2.05, 4.69) is 24.8 Å². The van der Waals surface area contributed by atoms with Crippen molar-refractivity contribution in [3.8, 4) is 11.4 Å². The largest absolute Gasteiger partial charge is 0.447 e. The number of aromatic nitrogens is 4. The maximum Gasteiger partial charge on any atom is 0.410 e. The number of nitrogens with one attached hydrogen (secondary N) is 2. The number of hydrogen-bond acceptors (Lipinski definition) is 7. The number of cyclic esters (lactones) is 1. The first kappa shape index (κ1) is 19.0. The van der Waals surface area contributed by atoms with Crippen LogP contribution in [0.5, 0.6) is 0 Å². The number of rotatable bonds is 5. The number of amides is 1. The molecule has 0 spiro atoms. The minimum absolute atomic E-state index is 0.0243. The van der Waals surface area contributed by atoms with Crippen molar-refractivity contribution in [2.45, 2.75) is 25.4 Å². The van der Waals surface area contributed by atoms with Gasteiger partial charge in [0.1, 0.15) is 24.6 Å². The van der Waals surface area contributed by atoms with Gasteiger partial charge in [-0.1, -0.05) is 0 Å². The van der Waals surface area contributed by atoms with E-state index in [9.17, 15) is 13.6 Å². The van der Waals surface area contributed by atoms with E-state index in [0.29, 0.717) is 42.7 Å². The maximum atomic E-state index is 12.4. The van der Waals surface area contributed by atoms with Crippen LogP contribution in [0.1, 0.15) is 12.7 Å². The molecule has 0 saturated carbocycles. The zero-order chi connectivity index (χ0) is 20.5. The standard InChI is InChI=1S/C18H19F2N7O2/c1-10-14-8-29-18(28)27(14)5-4-26(10)16-6-12(23-9-24-16)13-7-22-15(25-13)3-2-11(21)17(19)20/h2-3,6-7,9-10,14,17,21H,4-5,8H2,1H3,(H,22,25)/b3-2-,21-11?. The second kappa shape index (κ2) is 7.57. The van der Waals surface area contributed by atoms with Crippen molar-refractivity contribution < 1.29 is 18.3 Å².